The Labute approximate surface area is 137 Å². The number of rotatable bonds is 6. The molecule has 1 saturated heterocycles. The quantitative estimate of drug-likeness (QED) is 0.881. The lowest BCUT2D eigenvalue weighted by atomic mass is 10.2. The highest BCUT2D eigenvalue weighted by atomic mass is 16.5. The molecule has 0 amide bonds. The molecule has 1 fully saturated rings. The minimum absolute atomic E-state index is 0.479. The van der Waals surface area contributed by atoms with Gasteiger partial charge >= 0.3 is 0 Å². The molecule has 1 N–H and O–H groups in total. The zero-order chi connectivity index (χ0) is 16.2. The summed E-state index contributed by atoms with van der Waals surface area (Å²) in [6.45, 7) is 2.87. The van der Waals surface area contributed by atoms with Crippen LogP contribution in [0.15, 0.2) is 30.6 Å². The lowest BCUT2D eigenvalue weighted by Gasteiger charge is -2.20. The third kappa shape index (κ3) is 3.76. The van der Waals surface area contributed by atoms with Gasteiger partial charge in [0.05, 0.1) is 20.4 Å². The van der Waals surface area contributed by atoms with Crippen LogP contribution in [0.3, 0.4) is 0 Å². The molecule has 6 nitrogen and oxygen atoms in total. The highest BCUT2D eigenvalue weighted by Gasteiger charge is 2.23. The van der Waals surface area contributed by atoms with Gasteiger partial charge in [0, 0.05) is 68.4 Å². The average Bonchev–Trinajstić information content (AvgIpc) is 3.21. The third-order valence-electron chi connectivity index (χ3n) is 4.24. The smallest absolute Gasteiger partial charge is 0.124 e. The van der Waals surface area contributed by atoms with Crippen LogP contribution >= 0.6 is 0 Å². The van der Waals surface area contributed by atoms with Crippen LogP contribution in [0.2, 0.25) is 0 Å². The molecule has 2 heterocycles. The second-order valence-corrected chi connectivity index (χ2v) is 5.91. The van der Waals surface area contributed by atoms with Crippen LogP contribution in [-0.2, 0) is 13.6 Å². The number of nitrogens with one attached hydrogen (secondary N) is 1. The molecule has 0 aliphatic carbocycles. The van der Waals surface area contributed by atoms with Crippen molar-refractivity contribution in [1.82, 2.24) is 15.1 Å². The minimum atomic E-state index is 0.479. The first kappa shape index (κ1) is 15.7. The number of hydrogen-bond acceptors (Lipinski definition) is 5. The van der Waals surface area contributed by atoms with Crippen LogP contribution < -0.4 is 19.7 Å². The average molecular weight is 316 g/mol. The first-order valence-electron chi connectivity index (χ1n) is 7.87. The van der Waals surface area contributed by atoms with Crippen molar-refractivity contribution in [3.8, 4) is 11.5 Å². The van der Waals surface area contributed by atoms with Crippen molar-refractivity contribution in [3.05, 3.63) is 36.2 Å². The fourth-order valence-electron chi connectivity index (χ4n) is 2.96. The Bertz CT molecular complexity index is 634. The number of aryl methyl sites for hydroxylation is 1. The summed E-state index contributed by atoms with van der Waals surface area (Å²) in [7, 11) is 5.30. The highest BCUT2D eigenvalue weighted by molar-refractivity contribution is 5.56. The molecule has 2 aromatic rings. The molecule has 0 bridgehead atoms. The van der Waals surface area contributed by atoms with Gasteiger partial charge in [-0.15, -0.1) is 0 Å². The Kier molecular flexibility index (Phi) is 4.71. The van der Waals surface area contributed by atoms with Crippen molar-refractivity contribution in [2.24, 2.45) is 7.05 Å². The number of aromatic nitrogens is 2. The van der Waals surface area contributed by atoms with Crippen molar-refractivity contribution in [3.63, 3.8) is 0 Å². The summed E-state index contributed by atoms with van der Waals surface area (Å²) in [5.74, 6) is 1.65. The van der Waals surface area contributed by atoms with E-state index in [1.165, 1.54) is 5.56 Å². The Morgan fingerprint density at radius 2 is 1.96 bits per heavy atom. The number of hydrogen-bond donors (Lipinski definition) is 1. The number of anilines is 1. The van der Waals surface area contributed by atoms with E-state index in [1.54, 1.807) is 14.2 Å². The first-order chi connectivity index (χ1) is 11.2. The van der Waals surface area contributed by atoms with Gasteiger partial charge in [-0.25, -0.2) is 0 Å². The molecule has 0 unspecified atom stereocenters. The van der Waals surface area contributed by atoms with Crippen molar-refractivity contribution < 1.29 is 9.47 Å². The maximum Gasteiger partial charge on any atom is 0.124 e. The monoisotopic (exact) mass is 316 g/mol. The van der Waals surface area contributed by atoms with Gasteiger partial charge in [0.15, 0.2) is 0 Å². The van der Waals surface area contributed by atoms with Gasteiger partial charge in [-0.1, -0.05) is 0 Å². The second kappa shape index (κ2) is 6.91. The van der Waals surface area contributed by atoms with Crippen LogP contribution in [0.5, 0.6) is 11.5 Å². The van der Waals surface area contributed by atoms with Crippen LogP contribution in [0, 0.1) is 0 Å². The van der Waals surface area contributed by atoms with Gasteiger partial charge in [-0.3, -0.25) is 4.68 Å². The van der Waals surface area contributed by atoms with Gasteiger partial charge in [-0.2, -0.15) is 5.10 Å². The molecule has 1 aromatic carbocycles. The van der Waals surface area contributed by atoms with Gasteiger partial charge in [0.25, 0.3) is 0 Å². The fourth-order valence-corrected chi connectivity index (χ4v) is 2.96. The maximum absolute atomic E-state index is 5.36. The zero-order valence-corrected chi connectivity index (χ0v) is 14.0. The van der Waals surface area contributed by atoms with Crippen molar-refractivity contribution >= 4 is 5.69 Å². The molecule has 1 aliphatic rings. The van der Waals surface area contributed by atoms with Gasteiger partial charge in [-0.05, 0) is 6.42 Å². The lowest BCUT2D eigenvalue weighted by molar-refractivity contribution is 0.394. The molecule has 1 atom stereocenters. The van der Waals surface area contributed by atoms with Crippen molar-refractivity contribution in [2.45, 2.75) is 19.0 Å². The largest absolute Gasteiger partial charge is 0.497 e. The molecule has 1 aromatic heterocycles. The van der Waals surface area contributed by atoms with Gasteiger partial charge in [0.2, 0.25) is 0 Å². The SMILES string of the molecule is COc1cc(OC)cc(N2CC[C@H](NCc3cnn(C)c3)C2)c1. The normalized spacial score (nSPS) is 17.5. The first-order valence-corrected chi connectivity index (χ1v) is 7.87. The maximum atomic E-state index is 5.36. The molecule has 0 radical (unpaired) electrons. The number of ether oxygens (including phenoxy) is 2. The van der Waals surface area contributed by atoms with Crippen LogP contribution in [0.25, 0.3) is 0 Å². The van der Waals surface area contributed by atoms with E-state index in [-0.39, 0.29) is 0 Å². The summed E-state index contributed by atoms with van der Waals surface area (Å²) < 4.78 is 12.6. The van der Waals surface area contributed by atoms with Crippen molar-refractivity contribution in [1.29, 1.82) is 0 Å². The molecule has 1 aliphatic heterocycles. The van der Waals surface area contributed by atoms with E-state index in [2.05, 4.69) is 27.4 Å². The van der Waals surface area contributed by atoms with E-state index in [4.69, 9.17) is 9.47 Å². The predicted octanol–water partition coefficient (Wildman–Crippen LogP) is 1.81. The third-order valence-corrected chi connectivity index (χ3v) is 4.24. The molecular formula is C17H24N4O2. The van der Waals surface area contributed by atoms with Crippen LogP contribution in [0.4, 0.5) is 5.69 Å². The predicted molar refractivity (Wildman–Crippen MR) is 90.2 cm³/mol. The lowest BCUT2D eigenvalue weighted by Crippen LogP contribution is -2.32. The Hall–Kier alpha value is -2.21. The van der Waals surface area contributed by atoms with E-state index >= 15 is 0 Å². The number of methoxy groups -OCH3 is 2. The Balaban J connectivity index is 1.60. The summed E-state index contributed by atoms with van der Waals surface area (Å²) in [5, 5.41) is 7.81. The molecule has 23 heavy (non-hydrogen) atoms. The van der Waals surface area contributed by atoms with E-state index in [9.17, 15) is 0 Å². The van der Waals surface area contributed by atoms with Crippen molar-refractivity contribution in [2.75, 3.05) is 32.2 Å². The topological polar surface area (TPSA) is 51.6 Å². The highest BCUT2D eigenvalue weighted by Crippen LogP contribution is 2.30. The second-order valence-electron chi connectivity index (χ2n) is 5.91. The summed E-state index contributed by atoms with van der Waals surface area (Å²) in [4.78, 5) is 2.37. The van der Waals surface area contributed by atoms with Gasteiger partial charge in [0.1, 0.15) is 11.5 Å². The van der Waals surface area contributed by atoms with Crippen LogP contribution in [-0.4, -0.2) is 43.1 Å². The summed E-state index contributed by atoms with van der Waals surface area (Å²) in [5.41, 5.74) is 2.36. The Morgan fingerprint density at radius 1 is 1.22 bits per heavy atom. The zero-order valence-electron chi connectivity index (χ0n) is 14.0. The Morgan fingerprint density at radius 3 is 2.57 bits per heavy atom. The standard InChI is InChI=1S/C17H24N4O2/c1-20-11-13(10-19-20)9-18-14-4-5-21(12-14)15-6-16(22-2)8-17(7-15)23-3/h6-8,10-11,14,18H,4-5,9,12H2,1-3H3/t14-/m0/s1. The summed E-state index contributed by atoms with van der Waals surface area (Å²) >= 11 is 0. The fraction of sp³-hybridized carbons (Fsp3) is 0.471. The van der Waals surface area contributed by atoms with E-state index in [1.807, 2.05) is 30.2 Å². The van der Waals surface area contributed by atoms with Crippen LogP contribution in [0.1, 0.15) is 12.0 Å². The summed E-state index contributed by atoms with van der Waals surface area (Å²) in [6.07, 6.45) is 5.08. The van der Waals surface area contributed by atoms with E-state index in [0.29, 0.717) is 6.04 Å². The van der Waals surface area contributed by atoms with Gasteiger partial charge < -0.3 is 19.7 Å². The minimum Gasteiger partial charge on any atom is -0.497 e. The van der Waals surface area contributed by atoms with E-state index in [0.717, 1.165) is 43.2 Å². The molecular weight excluding hydrogens is 292 g/mol. The molecule has 6 heteroatoms. The van der Waals surface area contributed by atoms with E-state index < -0.39 is 0 Å². The molecule has 0 spiro atoms. The summed E-state index contributed by atoms with van der Waals surface area (Å²) in [6, 6.07) is 6.50. The number of benzene rings is 1. The molecule has 0 saturated carbocycles. The number of nitrogens with zero attached hydrogens (tertiary/aromatic N) is 3. The molecule has 3 rings (SSSR count). The molecule has 124 valence electrons.